The molecule has 1 unspecified atom stereocenters. The fraction of sp³-hybridized carbons (Fsp3) is 0.684. The predicted octanol–water partition coefficient (Wildman–Crippen LogP) is 2.02. The molecule has 1 atom stereocenters. The van der Waals surface area contributed by atoms with Gasteiger partial charge in [0.1, 0.15) is 0 Å². The molecule has 2 aromatic rings. The van der Waals surface area contributed by atoms with E-state index in [4.69, 9.17) is 0 Å². The molecule has 25 heavy (non-hydrogen) atoms. The van der Waals surface area contributed by atoms with Crippen molar-refractivity contribution in [2.45, 2.75) is 53.8 Å². The molecule has 2 aromatic heterocycles. The van der Waals surface area contributed by atoms with Crippen LogP contribution in [-0.2, 0) is 13.1 Å². The second-order valence-electron chi connectivity index (χ2n) is 7.49. The summed E-state index contributed by atoms with van der Waals surface area (Å²) in [5, 5.41) is 9.15. The van der Waals surface area contributed by atoms with Crippen molar-refractivity contribution < 1.29 is 0 Å². The van der Waals surface area contributed by atoms with Gasteiger partial charge < -0.3 is 0 Å². The predicted molar refractivity (Wildman–Crippen MR) is 101 cm³/mol. The highest BCUT2D eigenvalue weighted by atomic mass is 15.3. The van der Waals surface area contributed by atoms with Crippen molar-refractivity contribution in [3.63, 3.8) is 0 Å². The Morgan fingerprint density at radius 3 is 1.88 bits per heavy atom. The van der Waals surface area contributed by atoms with Crippen LogP contribution in [-0.4, -0.2) is 68.1 Å². The monoisotopic (exact) mass is 344 g/mol. The van der Waals surface area contributed by atoms with E-state index in [0.29, 0.717) is 6.04 Å². The standard InChI is InChI=1S/C19H32N6/c1-15-12-17(3)24(20-15)10-7-22-6-8-23(19(5)14-22)9-11-25-18(4)13-16(2)21-25/h12-13,19H,6-11,14H2,1-5H3. The Morgan fingerprint density at radius 2 is 1.40 bits per heavy atom. The zero-order chi connectivity index (χ0) is 18.0. The van der Waals surface area contributed by atoms with Crippen molar-refractivity contribution in [1.82, 2.24) is 29.4 Å². The quantitative estimate of drug-likeness (QED) is 0.804. The van der Waals surface area contributed by atoms with E-state index in [2.05, 4.69) is 76.1 Å². The molecule has 1 aliphatic heterocycles. The first-order chi connectivity index (χ1) is 11.9. The van der Waals surface area contributed by atoms with Crippen molar-refractivity contribution in [1.29, 1.82) is 0 Å². The minimum atomic E-state index is 0.589. The van der Waals surface area contributed by atoms with E-state index in [1.807, 2.05) is 0 Å². The van der Waals surface area contributed by atoms with Crippen LogP contribution in [0.2, 0.25) is 0 Å². The van der Waals surface area contributed by atoms with E-state index in [9.17, 15) is 0 Å². The summed E-state index contributed by atoms with van der Waals surface area (Å²) in [5.41, 5.74) is 4.74. The molecule has 0 saturated carbocycles. The number of hydrogen-bond donors (Lipinski definition) is 0. The third-order valence-corrected chi connectivity index (χ3v) is 5.28. The van der Waals surface area contributed by atoms with Crippen LogP contribution in [0.5, 0.6) is 0 Å². The molecule has 0 N–H and O–H groups in total. The van der Waals surface area contributed by atoms with Crippen LogP contribution in [0.25, 0.3) is 0 Å². The third kappa shape index (κ3) is 4.50. The first-order valence-electron chi connectivity index (χ1n) is 9.41. The topological polar surface area (TPSA) is 42.1 Å². The fourth-order valence-electron chi connectivity index (χ4n) is 3.87. The molecule has 3 rings (SSSR count). The highest BCUT2D eigenvalue weighted by Gasteiger charge is 2.23. The van der Waals surface area contributed by atoms with E-state index < -0.39 is 0 Å². The summed E-state index contributed by atoms with van der Waals surface area (Å²) in [6.07, 6.45) is 0. The van der Waals surface area contributed by atoms with Crippen molar-refractivity contribution in [2.75, 3.05) is 32.7 Å². The highest BCUT2D eigenvalue weighted by molar-refractivity contribution is 5.07. The lowest BCUT2D eigenvalue weighted by Gasteiger charge is -2.40. The molecular weight excluding hydrogens is 312 g/mol. The second-order valence-corrected chi connectivity index (χ2v) is 7.49. The van der Waals surface area contributed by atoms with Crippen LogP contribution in [0, 0.1) is 27.7 Å². The van der Waals surface area contributed by atoms with Gasteiger partial charge in [-0.1, -0.05) is 0 Å². The molecule has 0 aliphatic carbocycles. The van der Waals surface area contributed by atoms with Crippen LogP contribution in [0.1, 0.15) is 29.7 Å². The molecule has 1 saturated heterocycles. The largest absolute Gasteiger partial charge is 0.299 e. The maximum absolute atomic E-state index is 4.58. The van der Waals surface area contributed by atoms with Gasteiger partial charge in [0.25, 0.3) is 0 Å². The first-order valence-corrected chi connectivity index (χ1v) is 9.41. The fourth-order valence-corrected chi connectivity index (χ4v) is 3.87. The van der Waals surface area contributed by atoms with Gasteiger partial charge in [-0.05, 0) is 46.8 Å². The summed E-state index contributed by atoms with van der Waals surface area (Å²) in [6.45, 7) is 18.3. The lowest BCUT2D eigenvalue weighted by atomic mass is 10.2. The molecule has 3 heterocycles. The van der Waals surface area contributed by atoms with Crippen LogP contribution in [0.3, 0.4) is 0 Å². The van der Waals surface area contributed by atoms with Gasteiger partial charge in [0.15, 0.2) is 0 Å². The Kier molecular flexibility index (Phi) is 5.59. The Labute approximate surface area is 151 Å². The normalized spacial score (nSPS) is 19.6. The molecule has 6 heteroatoms. The van der Waals surface area contributed by atoms with Gasteiger partial charge in [-0.25, -0.2) is 0 Å². The summed E-state index contributed by atoms with van der Waals surface area (Å²) in [5.74, 6) is 0. The Balaban J connectivity index is 1.45. The van der Waals surface area contributed by atoms with E-state index in [1.54, 1.807) is 0 Å². The Hall–Kier alpha value is -1.66. The SMILES string of the molecule is Cc1cc(C)n(CCN2CCN(CCn3nc(C)cc3C)C(C)C2)n1. The van der Waals surface area contributed by atoms with Crippen LogP contribution >= 0.6 is 0 Å². The van der Waals surface area contributed by atoms with Gasteiger partial charge in [-0.3, -0.25) is 19.2 Å². The molecule has 0 amide bonds. The smallest absolute Gasteiger partial charge is 0.0596 e. The molecule has 0 spiro atoms. The lowest BCUT2D eigenvalue weighted by Crippen LogP contribution is -2.53. The summed E-state index contributed by atoms with van der Waals surface area (Å²) in [7, 11) is 0. The number of hydrogen-bond acceptors (Lipinski definition) is 4. The summed E-state index contributed by atoms with van der Waals surface area (Å²) in [6, 6.07) is 4.89. The van der Waals surface area contributed by atoms with Gasteiger partial charge in [0.2, 0.25) is 0 Å². The number of rotatable bonds is 6. The summed E-state index contributed by atoms with van der Waals surface area (Å²) in [4.78, 5) is 5.16. The molecule has 1 fully saturated rings. The maximum atomic E-state index is 4.58. The molecule has 0 radical (unpaired) electrons. The van der Waals surface area contributed by atoms with E-state index in [0.717, 1.165) is 57.2 Å². The Morgan fingerprint density at radius 1 is 0.840 bits per heavy atom. The van der Waals surface area contributed by atoms with Crippen LogP contribution in [0.4, 0.5) is 0 Å². The molecule has 0 aromatic carbocycles. The molecule has 0 bridgehead atoms. The summed E-state index contributed by atoms with van der Waals surface area (Å²) < 4.78 is 4.27. The molecule has 1 aliphatic rings. The van der Waals surface area contributed by atoms with Crippen molar-refractivity contribution >= 4 is 0 Å². The Bertz CT molecular complexity index is 701. The van der Waals surface area contributed by atoms with E-state index >= 15 is 0 Å². The van der Waals surface area contributed by atoms with E-state index in [-0.39, 0.29) is 0 Å². The zero-order valence-electron chi connectivity index (χ0n) is 16.4. The summed E-state index contributed by atoms with van der Waals surface area (Å²) >= 11 is 0. The number of nitrogens with zero attached hydrogens (tertiary/aromatic N) is 6. The van der Waals surface area contributed by atoms with Gasteiger partial charge >= 0.3 is 0 Å². The van der Waals surface area contributed by atoms with Crippen molar-refractivity contribution in [3.05, 3.63) is 34.9 Å². The van der Waals surface area contributed by atoms with Crippen LogP contribution in [0.15, 0.2) is 12.1 Å². The number of aryl methyl sites for hydroxylation is 4. The maximum Gasteiger partial charge on any atom is 0.0596 e. The van der Waals surface area contributed by atoms with Gasteiger partial charge in [0, 0.05) is 50.2 Å². The van der Waals surface area contributed by atoms with Crippen LogP contribution < -0.4 is 0 Å². The minimum absolute atomic E-state index is 0.589. The average molecular weight is 345 g/mol. The lowest BCUT2D eigenvalue weighted by molar-refractivity contribution is 0.0768. The molecule has 6 nitrogen and oxygen atoms in total. The average Bonchev–Trinajstić information content (AvgIpc) is 3.04. The van der Waals surface area contributed by atoms with Crippen molar-refractivity contribution in [3.8, 4) is 0 Å². The van der Waals surface area contributed by atoms with Gasteiger partial charge in [-0.2, -0.15) is 10.2 Å². The number of aromatic nitrogens is 4. The second kappa shape index (κ2) is 7.70. The minimum Gasteiger partial charge on any atom is -0.299 e. The molecule has 138 valence electrons. The molecular formula is C19H32N6. The third-order valence-electron chi connectivity index (χ3n) is 5.28. The van der Waals surface area contributed by atoms with E-state index in [1.165, 1.54) is 11.4 Å². The zero-order valence-corrected chi connectivity index (χ0v) is 16.4. The van der Waals surface area contributed by atoms with Gasteiger partial charge in [-0.15, -0.1) is 0 Å². The van der Waals surface area contributed by atoms with Crippen molar-refractivity contribution in [2.24, 2.45) is 0 Å². The van der Waals surface area contributed by atoms with Gasteiger partial charge in [0.05, 0.1) is 24.5 Å². The first kappa shape index (κ1) is 18.1. The number of piperazine rings is 1. The highest BCUT2D eigenvalue weighted by Crippen LogP contribution is 2.11.